The predicted molar refractivity (Wildman–Crippen MR) is 68.9 cm³/mol. The van der Waals surface area contributed by atoms with Crippen LogP contribution in [0, 0.1) is 0 Å². The van der Waals surface area contributed by atoms with Gasteiger partial charge in [-0.25, -0.2) is 9.78 Å². The van der Waals surface area contributed by atoms with Crippen molar-refractivity contribution in [3.8, 4) is 0 Å². The third kappa shape index (κ3) is 2.22. The molecule has 0 aliphatic heterocycles. The zero-order valence-corrected chi connectivity index (χ0v) is 10.3. The summed E-state index contributed by atoms with van der Waals surface area (Å²) in [6.07, 6.45) is 4.20. The second-order valence-electron chi connectivity index (χ2n) is 4.19. The number of hydrogen-bond donors (Lipinski definition) is 1. The molecule has 0 aliphatic carbocycles. The minimum Gasteiger partial charge on any atom is -0.463 e. The quantitative estimate of drug-likeness (QED) is 0.731. The molecule has 5 heteroatoms. The number of rotatable bonds is 3. The molecule has 0 saturated carbocycles. The molecule has 0 atom stereocenters. The highest BCUT2D eigenvalue weighted by Gasteiger charge is 2.12. The topological polar surface area (TPSA) is 68.1 Å². The lowest BCUT2D eigenvalue weighted by Crippen LogP contribution is -1.97. The van der Waals surface area contributed by atoms with Crippen LogP contribution in [-0.4, -0.2) is 23.0 Å². The summed E-state index contributed by atoms with van der Waals surface area (Å²) in [6.45, 7) is 0. The number of aromatic amines is 1. The van der Waals surface area contributed by atoms with E-state index in [1.807, 2.05) is 18.2 Å². The minimum atomic E-state index is -0.469. The molecule has 1 N–H and O–H groups in total. The monoisotopic (exact) mass is 256 g/mol. The number of hydrogen-bond acceptors (Lipinski definition) is 4. The van der Waals surface area contributed by atoms with Gasteiger partial charge in [0.1, 0.15) is 11.4 Å². The van der Waals surface area contributed by atoms with Gasteiger partial charge in [-0.1, -0.05) is 12.1 Å². The van der Waals surface area contributed by atoms with Crippen molar-refractivity contribution < 1.29 is 13.9 Å². The molecule has 2 aromatic heterocycles. The number of methoxy groups -OCH3 is 1. The molecule has 3 rings (SSSR count). The van der Waals surface area contributed by atoms with E-state index in [0.29, 0.717) is 12.0 Å². The number of furan rings is 1. The van der Waals surface area contributed by atoms with Crippen LogP contribution in [0.15, 0.2) is 41.1 Å². The molecule has 0 fully saturated rings. The number of imidazole rings is 1. The molecule has 0 spiro atoms. The predicted octanol–water partition coefficient (Wildman–Crippen LogP) is 2.53. The van der Waals surface area contributed by atoms with Crippen LogP contribution in [0.2, 0.25) is 0 Å². The van der Waals surface area contributed by atoms with Gasteiger partial charge in [0.25, 0.3) is 0 Å². The van der Waals surface area contributed by atoms with Gasteiger partial charge in [0.2, 0.25) is 5.76 Å². The molecule has 5 nitrogen and oxygen atoms in total. The zero-order valence-electron chi connectivity index (χ0n) is 10.3. The van der Waals surface area contributed by atoms with E-state index in [1.54, 1.807) is 18.5 Å². The van der Waals surface area contributed by atoms with Gasteiger partial charge in [-0.15, -0.1) is 0 Å². The number of benzene rings is 1. The lowest BCUT2D eigenvalue weighted by molar-refractivity contribution is 0.0567. The van der Waals surface area contributed by atoms with Crippen molar-refractivity contribution in [3.05, 3.63) is 53.8 Å². The number of H-pyrrole nitrogens is 1. The Kier molecular flexibility index (Phi) is 2.79. The maximum absolute atomic E-state index is 11.4. The molecule has 0 bridgehead atoms. The van der Waals surface area contributed by atoms with E-state index in [9.17, 15) is 4.79 Å². The van der Waals surface area contributed by atoms with E-state index in [2.05, 4.69) is 14.7 Å². The Labute approximate surface area is 109 Å². The van der Waals surface area contributed by atoms with Crippen LogP contribution in [0.3, 0.4) is 0 Å². The summed E-state index contributed by atoms with van der Waals surface area (Å²) in [5.41, 5.74) is 1.73. The summed E-state index contributed by atoms with van der Waals surface area (Å²) < 4.78 is 10.1. The number of nitrogens with zero attached hydrogens (tertiary/aromatic N) is 1. The standard InChI is InChI=1S/C14H12N2O3/c1-18-14(17)12-8-10-3-2-9(6-11(10)19-12)7-13-15-4-5-16-13/h2-6,8H,7H2,1H3,(H,15,16). The summed E-state index contributed by atoms with van der Waals surface area (Å²) in [5.74, 6) is 0.635. The SMILES string of the molecule is COC(=O)c1cc2ccc(Cc3ncc[nH]3)cc2o1. The van der Waals surface area contributed by atoms with E-state index >= 15 is 0 Å². The first-order chi connectivity index (χ1) is 9.26. The van der Waals surface area contributed by atoms with E-state index in [0.717, 1.165) is 16.8 Å². The van der Waals surface area contributed by atoms with Gasteiger partial charge < -0.3 is 14.1 Å². The van der Waals surface area contributed by atoms with Crippen LogP contribution in [0.5, 0.6) is 0 Å². The molecule has 2 heterocycles. The highest BCUT2D eigenvalue weighted by molar-refractivity contribution is 5.92. The Bertz CT molecular complexity index is 713. The van der Waals surface area contributed by atoms with Crippen LogP contribution in [0.1, 0.15) is 21.9 Å². The van der Waals surface area contributed by atoms with Crippen LogP contribution < -0.4 is 0 Å². The van der Waals surface area contributed by atoms with Crippen LogP contribution in [0.25, 0.3) is 11.0 Å². The van der Waals surface area contributed by atoms with Gasteiger partial charge in [-0.2, -0.15) is 0 Å². The molecule has 0 amide bonds. The van der Waals surface area contributed by atoms with Crippen LogP contribution >= 0.6 is 0 Å². The molecule has 0 unspecified atom stereocenters. The van der Waals surface area contributed by atoms with E-state index in [-0.39, 0.29) is 5.76 Å². The molecule has 0 saturated heterocycles. The normalized spacial score (nSPS) is 10.8. The van der Waals surface area contributed by atoms with Crippen molar-refractivity contribution in [2.75, 3.05) is 7.11 Å². The molecule has 3 aromatic rings. The second-order valence-corrected chi connectivity index (χ2v) is 4.19. The maximum atomic E-state index is 11.4. The average molecular weight is 256 g/mol. The Hall–Kier alpha value is -2.56. The minimum absolute atomic E-state index is 0.215. The lowest BCUT2D eigenvalue weighted by atomic mass is 10.1. The van der Waals surface area contributed by atoms with Gasteiger partial charge in [-0.3, -0.25) is 0 Å². The first kappa shape index (κ1) is 11.5. The van der Waals surface area contributed by atoms with Gasteiger partial charge in [0.05, 0.1) is 7.11 Å². The van der Waals surface area contributed by atoms with Crippen LogP contribution in [-0.2, 0) is 11.2 Å². The summed E-state index contributed by atoms with van der Waals surface area (Å²) in [7, 11) is 1.33. The van der Waals surface area contributed by atoms with Crippen molar-refractivity contribution in [1.29, 1.82) is 0 Å². The average Bonchev–Trinajstić information content (AvgIpc) is 3.06. The van der Waals surface area contributed by atoms with Gasteiger partial charge in [-0.05, 0) is 17.7 Å². The summed E-state index contributed by atoms with van der Waals surface area (Å²) >= 11 is 0. The Morgan fingerprint density at radius 2 is 2.32 bits per heavy atom. The first-order valence-electron chi connectivity index (χ1n) is 5.85. The van der Waals surface area contributed by atoms with E-state index < -0.39 is 5.97 Å². The fraction of sp³-hybridized carbons (Fsp3) is 0.143. The fourth-order valence-corrected chi connectivity index (χ4v) is 1.97. The number of nitrogens with one attached hydrogen (secondary N) is 1. The van der Waals surface area contributed by atoms with Gasteiger partial charge in [0.15, 0.2) is 0 Å². The third-order valence-corrected chi connectivity index (χ3v) is 2.90. The van der Waals surface area contributed by atoms with Gasteiger partial charge in [0, 0.05) is 24.2 Å². The van der Waals surface area contributed by atoms with E-state index in [4.69, 9.17) is 4.42 Å². The Balaban J connectivity index is 1.94. The molecule has 0 radical (unpaired) electrons. The van der Waals surface area contributed by atoms with Crippen molar-refractivity contribution in [2.24, 2.45) is 0 Å². The number of esters is 1. The van der Waals surface area contributed by atoms with Crippen molar-refractivity contribution in [2.45, 2.75) is 6.42 Å². The summed E-state index contributed by atoms with van der Waals surface area (Å²) in [4.78, 5) is 18.6. The van der Waals surface area contributed by atoms with Gasteiger partial charge >= 0.3 is 5.97 Å². The Morgan fingerprint density at radius 3 is 3.05 bits per heavy atom. The first-order valence-corrected chi connectivity index (χ1v) is 5.85. The number of carbonyl (C=O) groups excluding carboxylic acids is 1. The molecular weight excluding hydrogens is 244 g/mol. The van der Waals surface area contributed by atoms with Crippen molar-refractivity contribution >= 4 is 16.9 Å². The number of aromatic nitrogens is 2. The van der Waals surface area contributed by atoms with Crippen LogP contribution in [0.4, 0.5) is 0 Å². The third-order valence-electron chi connectivity index (χ3n) is 2.90. The number of carbonyl (C=O) groups is 1. The Morgan fingerprint density at radius 1 is 1.42 bits per heavy atom. The molecule has 19 heavy (non-hydrogen) atoms. The maximum Gasteiger partial charge on any atom is 0.373 e. The molecule has 0 aliphatic rings. The smallest absolute Gasteiger partial charge is 0.373 e. The molecular formula is C14H12N2O3. The zero-order chi connectivity index (χ0) is 13.2. The summed E-state index contributed by atoms with van der Waals surface area (Å²) in [6, 6.07) is 7.49. The fourth-order valence-electron chi connectivity index (χ4n) is 1.97. The molecule has 1 aromatic carbocycles. The number of ether oxygens (including phenoxy) is 1. The van der Waals surface area contributed by atoms with E-state index in [1.165, 1.54) is 7.11 Å². The lowest BCUT2D eigenvalue weighted by Gasteiger charge is -1.98. The summed E-state index contributed by atoms with van der Waals surface area (Å²) in [5, 5.41) is 0.878. The van der Waals surface area contributed by atoms with Crippen molar-refractivity contribution in [1.82, 2.24) is 9.97 Å². The number of fused-ring (bicyclic) bond motifs is 1. The highest BCUT2D eigenvalue weighted by atomic mass is 16.5. The molecule has 96 valence electrons. The largest absolute Gasteiger partial charge is 0.463 e. The highest BCUT2D eigenvalue weighted by Crippen LogP contribution is 2.22. The van der Waals surface area contributed by atoms with Crippen molar-refractivity contribution in [3.63, 3.8) is 0 Å². The second kappa shape index (κ2) is 4.61.